The first-order chi connectivity index (χ1) is 8.84. The lowest BCUT2D eigenvalue weighted by molar-refractivity contribution is 0.334. The maximum Gasteiger partial charge on any atom is 0.0995 e. The molecule has 3 rings (SSSR count). The van der Waals surface area contributed by atoms with E-state index in [-0.39, 0.29) is 0 Å². The van der Waals surface area contributed by atoms with Crippen LogP contribution in [0.5, 0.6) is 0 Å². The van der Waals surface area contributed by atoms with E-state index in [4.69, 9.17) is 0 Å². The first kappa shape index (κ1) is 11.4. The van der Waals surface area contributed by atoms with Gasteiger partial charge in [-0.15, -0.1) is 0 Å². The van der Waals surface area contributed by atoms with Crippen LogP contribution in [-0.4, -0.2) is 20.6 Å². The summed E-state index contributed by atoms with van der Waals surface area (Å²) in [6.07, 6.45) is 11.2. The average Bonchev–Trinajstić information content (AvgIpc) is 2.89. The van der Waals surface area contributed by atoms with Gasteiger partial charge in [0.05, 0.1) is 30.1 Å². The summed E-state index contributed by atoms with van der Waals surface area (Å²) in [5, 5.41) is 3.65. The molecule has 2 unspecified atom stereocenters. The molecule has 94 valence electrons. The summed E-state index contributed by atoms with van der Waals surface area (Å²) in [6.45, 7) is 2.25. The van der Waals surface area contributed by atoms with E-state index in [1.54, 1.807) is 6.20 Å². The van der Waals surface area contributed by atoms with Crippen LogP contribution in [0, 0.1) is 0 Å². The van der Waals surface area contributed by atoms with Gasteiger partial charge in [0.1, 0.15) is 0 Å². The smallest absolute Gasteiger partial charge is 0.0995 e. The average molecular weight is 242 g/mol. The predicted molar refractivity (Wildman–Crippen MR) is 70.5 cm³/mol. The molecule has 0 radical (unpaired) electrons. The second-order valence-corrected chi connectivity index (χ2v) is 4.95. The Kier molecular flexibility index (Phi) is 3.11. The van der Waals surface area contributed by atoms with Crippen LogP contribution in [0.15, 0.2) is 37.1 Å². The van der Waals surface area contributed by atoms with Crippen molar-refractivity contribution in [1.29, 1.82) is 0 Å². The summed E-state index contributed by atoms with van der Waals surface area (Å²) in [5.74, 6) is 0. The summed E-state index contributed by atoms with van der Waals surface area (Å²) in [5.41, 5.74) is 2.31. The Morgan fingerprint density at radius 1 is 1.28 bits per heavy atom. The minimum absolute atomic E-state index is 0.399. The molecule has 0 aliphatic carbocycles. The van der Waals surface area contributed by atoms with Crippen molar-refractivity contribution >= 4 is 0 Å². The van der Waals surface area contributed by atoms with Gasteiger partial charge in [-0.2, -0.15) is 0 Å². The van der Waals surface area contributed by atoms with Crippen molar-refractivity contribution in [2.75, 3.05) is 0 Å². The maximum atomic E-state index is 4.29. The van der Waals surface area contributed by atoms with Crippen molar-refractivity contribution in [1.82, 2.24) is 19.9 Å². The SMILES string of the molecule is CC1CCCC(c2cncn2-c2cccnc2)N1. The Labute approximate surface area is 107 Å². The molecule has 1 aliphatic rings. The Morgan fingerprint density at radius 3 is 3.00 bits per heavy atom. The van der Waals surface area contributed by atoms with Gasteiger partial charge in [-0.05, 0) is 38.3 Å². The molecule has 1 saturated heterocycles. The topological polar surface area (TPSA) is 42.7 Å². The fourth-order valence-electron chi connectivity index (χ4n) is 2.65. The Balaban J connectivity index is 1.92. The van der Waals surface area contributed by atoms with E-state index in [0.29, 0.717) is 12.1 Å². The van der Waals surface area contributed by atoms with Crippen LogP contribution in [0.1, 0.15) is 37.9 Å². The molecule has 0 aromatic carbocycles. The van der Waals surface area contributed by atoms with E-state index in [9.17, 15) is 0 Å². The van der Waals surface area contributed by atoms with Gasteiger partial charge in [0.15, 0.2) is 0 Å². The van der Waals surface area contributed by atoms with E-state index in [0.717, 1.165) is 5.69 Å². The molecular formula is C14H18N4. The van der Waals surface area contributed by atoms with Crippen LogP contribution in [0.3, 0.4) is 0 Å². The van der Waals surface area contributed by atoms with Crippen molar-refractivity contribution in [2.24, 2.45) is 0 Å². The Bertz CT molecular complexity index is 506. The fraction of sp³-hybridized carbons (Fsp3) is 0.429. The number of nitrogens with one attached hydrogen (secondary N) is 1. The normalized spacial score (nSPS) is 24.1. The van der Waals surface area contributed by atoms with Crippen molar-refractivity contribution in [3.63, 3.8) is 0 Å². The third-order valence-corrected chi connectivity index (χ3v) is 3.56. The zero-order valence-electron chi connectivity index (χ0n) is 10.6. The molecule has 2 aromatic heterocycles. The predicted octanol–water partition coefficient (Wildman–Crippen LogP) is 2.47. The number of piperidine rings is 1. The molecule has 0 amide bonds. The van der Waals surface area contributed by atoms with Gasteiger partial charge in [0, 0.05) is 18.3 Å². The highest BCUT2D eigenvalue weighted by Gasteiger charge is 2.22. The van der Waals surface area contributed by atoms with Crippen molar-refractivity contribution < 1.29 is 0 Å². The van der Waals surface area contributed by atoms with Crippen LogP contribution in [0.4, 0.5) is 0 Å². The van der Waals surface area contributed by atoms with Gasteiger partial charge in [0.2, 0.25) is 0 Å². The van der Waals surface area contributed by atoms with Crippen LogP contribution >= 0.6 is 0 Å². The number of rotatable bonds is 2. The van der Waals surface area contributed by atoms with Gasteiger partial charge >= 0.3 is 0 Å². The zero-order valence-corrected chi connectivity index (χ0v) is 10.6. The molecule has 1 fully saturated rings. The van der Waals surface area contributed by atoms with Crippen molar-refractivity contribution in [2.45, 2.75) is 38.3 Å². The lowest BCUT2D eigenvalue weighted by Crippen LogP contribution is -2.35. The third kappa shape index (κ3) is 2.16. The Morgan fingerprint density at radius 2 is 2.22 bits per heavy atom. The van der Waals surface area contributed by atoms with E-state index in [1.807, 2.05) is 24.8 Å². The number of imidazole rings is 1. The van der Waals surface area contributed by atoms with Gasteiger partial charge < -0.3 is 9.88 Å². The standard InChI is InChI=1S/C14H18N4/c1-11-4-2-6-13(17-11)14-9-16-10-18(14)12-5-3-7-15-8-12/h3,5,7-11,13,17H,2,4,6H2,1H3. The summed E-state index contributed by atoms with van der Waals surface area (Å²) < 4.78 is 2.13. The molecule has 2 atom stereocenters. The summed E-state index contributed by atoms with van der Waals surface area (Å²) >= 11 is 0. The molecular weight excluding hydrogens is 224 g/mol. The molecule has 0 bridgehead atoms. The second-order valence-electron chi connectivity index (χ2n) is 4.95. The molecule has 1 N–H and O–H groups in total. The van der Waals surface area contributed by atoms with E-state index < -0.39 is 0 Å². The zero-order chi connectivity index (χ0) is 12.4. The van der Waals surface area contributed by atoms with Crippen LogP contribution in [0.25, 0.3) is 5.69 Å². The van der Waals surface area contributed by atoms with Gasteiger partial charge in [-0.3, -0.25) is 4.98 Å². The summed E-state index contributed by atoms with van der Waals surface area (Å²) in [7, 11) is 0. The molecule has 18 heavy (non-hydrogen) atoms. The minimum atomic E-state index is 0.399. The van der Waals surface area contributed by atoms with Crippen molar-refractivity contribution in [3.05, 3.63) is 42.7 Å². The first-order valence-electron chi connectivity index (χ1n) is 6.53. The highest BCUT2D eigenvalue weighted by atomic mass is 15.1. The summed E-state index contributed by atoms with van der Waals surface area (Å²) in [6, 6.07) is 5.00. The van der Waals surface area contributed by atoms with Crippen molar-refractivity contribution in [3.8, 4) is 5.69 Å². The van der Waals surface area contributed by atoms with Gasteiger partial charge in [-0.1, -0.05) is 0 Å². The van der Waals surface area contributed by atoms with Crippen LogP contribution in [-0.2, 0) is 0 Å². The monoisotopic (exact) mass is 242 g/mol. The molecule has 3 heterocycles. The number of aromatic nitrogens is 3. The van der Waals surface area contributed by atoms with Crippen LogP contribution in [0.2, 0.25) is 0 Å². The van der Waals surface area contributed by atoms with Gasteiger partial charge in [-0.25, -0.2) is 4.98 Å². The van der Waals surface area contributed by atoms with E-state index >= 15 is 0 Å². The van der Waals surface area contributed by atoms with Gasteiger partial charge in [0.25, 0.3) is 0 Å². The largest absolute Gasteiger partial charge is 0.306 e. The molecule has 4 nitrogen and oxygen atoms in total. The number of hydrogen-bond acceptors (Lipinski definition) is 3. The number of pyridine rings is 1. The number of hydrogen-bond donors (Lipinski definition) is 1. The molecule has 0 spiro atoms. The molecule has 2 aromatic rings. The lowest BCUT2D eigenvalue weighted by atomic mass is 9.97. The Hall–Kier alpha value is -1.68. The van der Waals surface area contributed by atoms with E-state index in [2.05, 4.69) is 32.8 Å². The van der Waals surface area contributed by atoms with E-state index in [1.165, 1.54) is 25.0 Å². The molecule has 1 aliphatic heterocycles. The molecule has 4 heteroatoms. The number of nitrogens with zero attached hydrogens (tertiary/aromatic N) is 3. The fourth-order valence-corrected chi connectivity index (χ4v) is 2.65. The maximum absolute atomic E-state index is 4.29. The van der Waals surface area contributed by atoms with Crippen LogP contribution < -0.4 is 5.32 Å². The summed E-state index contributed by atoms with van der Waals surface area (Å²) in [4.78, 5) is 8.47. The molecule has 0 saturated carbocycles. The highest BCUT2D eigenvalue weighted by Crippen LogP contribution is 2.26. The lowest BCUT2D eigenvalue weighted by Gasteiger charge is -2.29. The first-order valence-corrected chi connectivity index (χ1v) is 6.53. The quantitative estimate of drug-likeness (QED) is 0.879. The second kappa shape index (κ2) is 4.90. The minimum Gasteiger partial charge on any atom is -0.306 e. The highest BCUT2D eigenvalue weighted by molar-refractivity contribution is 5.31. The third-order valence-electron chi connectivity index (χ3n) is 3.56.